The van der Waals surface area contributed by atoms with Crippen LogP contribution in [-0.2, 0) is 17.9 Å². The molecular weight excluding hydrogens is 310 g/mol. The van der Waals surface area contributed by atoms with Crippen LogP contribution < -0.4 is 5.32 Å². The normalized spacial score (nSPS) is 17.2. The molecule has 1 atom stereocenters. The molecule has 3 heterocycles. The van der Waals surface area contributed by atoms with Crippen LogP contribution in [0.4, 0.5) is 0 Å². The van der Waals surface area contributed by atoms with Crippen LogP contribution in [0.3, 0.4) is 0 Å². The van der Waals surface area contributed by atoms with Gasteiger partial charge in [0, 0.05) is 7.05 Å². The van der Waals surface area contributed by atoms with E-state index in [0.29, 0.717) is 18.2 Å². The van der Waals surface area contributed by atoms with Gasteiger partial charge in [-0.2, -0.15) is 0 Å². The third-order valence-corrected chi connectivity index (χ3v) is 4.01. The van der Waals surface area contributed by atoms with Crippen molar-refractivity contribution < 1.29 is 14.0 Å². The highest BCUT2D eigenvalue weighted by molar-refractivity contribution is 6.32. The Labute approximate surface area is 131 Å². The van der Waals surface area contributed by atoms with Gasteiger partial charge >= 0.3 is 0 Å². The van der Waals surface area contributed by atoms with Crippen LogP contribution in [0.5, 0.6) is 0 Å². The van der Waals surface area contributed by atoms with Gasteiger partial charge in [0.2, 0.25) is 11.1 Å². The second-order valence-electron chi connectivity index (χ2n) is 4.95. The Morgan fingerprint density at radius 2 is 2.23 bits per heavy atom. The van der Waals surface area contributed by atoms with Gasteiger partial charge in [0.05, 0.1) is 24.9 Å². The van der Waals surface area contributed by atoms with Gasteiger partial charge in [0.1, 0.15) is 11.9 Å². The number of hydrogen-bond donors (Lipinski definition) is 1. The zero-order valence-corrected chi connectivity index (χ0v) is 12.8. The Hall–Kier alpha value is -2.35. The Morgan fingerprint density at radius 1 is 1.45 bits per heavy atom. The van der Waals surface area contributed by atoms with Crippen LogP contribution in [0.15, 0.2) is 16.7 Å². The SMILES string of the molecule is CNC(=O)C1Cn2c(C)nnc2CN1C(=O)c1ccoc1Cl. The van der Waals surface area contributed by atoms with Gasteiger partial charge in [-0.1, -0.05) is 0 Å². The number of aryl methyl sites for hydroxylation is 1. The molecule has 1 aliphatic heterocycles. The molecule has 0 aliphatic carbocycles. The van der Waals surface area contributed by atoms with Crippen molar-refractivity contribution in [3.05, 3.63) is 34.8 Å². The predicted molar refractivity (Wildman–Crippen MR) is 76.2 cm³/mol. The van der Waals surface area contributed by atoms with E-state index in [1.807, 2.05) is 11.5 Å². The van der Waals surface area contributed by atoms with Gasteiger partial charge in [-0.3, -0.25) is 9.59 Å². The summed E-state index contributed by atoms with van der Waals surface area (Å²) in [5, 5.41) is 10.6. The molecule has 2 amide bonds. The molecule has 0 fully saturated rings. The number of amides is 2. The van der Waals surface area contributed by atoms with Gasteiger partial charge in [-0.25, -0.2) is 0 Å². The molecule has 0 saturated heterocycles. The smallest absolute Gasteiger partial charge is 0.259 e. The summed E-state index contributed by atoms with van der Waals surface area (Å²) in [5.74, 6) is 0.703. The lowest BCUT2D eigenvalue weighted by Gasteiger charge is -2.34. The minimum Gasteiger partial charge on any atom is -0.452 e. The van der Waals surface area contributed by atoms with Crippen molar-refractivity contribution in [3.63, 3.8) is 0 Å². The first kappa shape index (κ1) is 14.6. The number of carbonyl (C=O) groups is 2. The Balaban J connectivity index is 1.99. The van der Waals surface area contributed by atoms with Gasteiger partial charge in [-0.05, 0) is 24.6 Å². The average molecular weight is 324 g/mol. The first-order chi connectivity index (χ1) is 10.5. The maximum absolute atomic E-state index is 12.7. The van der Waals surface area contributed by atoms with E-state index >= 15 is 0 Å². The summed E-state index contributed by atoms with van der Waals surface area (Å²) in [7, 11) is 1.53. The van der Waals surface area contributed by atoms with E-state index in [1.165, 1.54) is 24.3 Å². The average Bonchev–Trinajstić information content (AvgIpc) is 3.11. The second kappa shape index (κ2) is 5.45. The van der Waals surface area contributed by atoms with Gasteiger partial charge in [0.15, 0.2) is 5.82 Å². The van der Waals surface area contributed by atoms with E-state index in [9.17, 15) is 9.59 Å². The Morgan fingerprint density at radius 3 is 2.86 bits per heavy atom. The maximum atomic E-state index is 12.7. The largest absolute Gasteiger partial charge is 0.452 e. The minimum atomic E-state index is -0.661. The van der Waals surface area contributed by atoms with Crippen LogP contribution >= 0.6 is 11.6 Å². The number of rotatable bonds is 2. The monoisotopic (exact) mass is 323 g/mol. The molecule has 9 heteroatoms. The fourth-order valence-electron chi connectivity index (χ4n) is 2.52. The molecule has 116 valence electrons. The topological polar surface area (TPSA) is 93.3 Å². The number of fused-ring (bicyclic) bond motifs is 1. The molecule has 1 unspecified atom stereocenters. The third kappa shape index (κ3) is 2.25. The van der Waals surface area contributed by atoms with Crippen LogP contribution in [-0.4, -0.2) is 44.6 Å². The molecule has 0 saturated carbocycles. The molecule has 0 aromatic carbocycles. The number of carbonyl (C=O) groups excluding carboxylic acids is 2. The zero-order valence-electron chi connectivity index (χ0n) is 12.0. The van der Waals surface area contributed by atoms with Crippen molar-refractivity contribution in [2.24, 2.45) is 0 Å². The summed E-state index contributed by atoms with van der Waals surface area (Å²) in [5.41, 5.74) is 0.222. The molecule has 0 bridgehead atoms. The van der Waals surface area contributed by atoms with E-state index in [2.05, 4.69) is 15.5 Å². The van der Waals surface area contributed by atoms with E-state index in [4.69, 9.17) is 16.0 Å². The van der Waals surface area contributed by atoms with E-state index in [-0.39, 0.29) is 29.1 Å². The van der Waals surface area contributed by atoms with Crippen molar-refractivity contribution in [1.82, 2.24) is 25.0 Å². The van der Waals surface area contributed by atoms with E-state index in [1.54, 1.807) is 0 Å². The number of nitrogens with zero attached hydrogens (tertiary/aromatic N) is 4. The Bertz CT molecular complexity index is 738. The van der Waals surface area contributed by atoms with Crippen molar-refractivity contribution in [2.45, 2.75) is 26.1 Å². The quantitative estimate of drug-likeness (QED) is 0.873. The van der Waals surface area contributed by atoms with Crippen molar-refractivity contribution in [3.8, 4) is 0 Å². The van der Waals surface area contributed by atoms with E-state index < -0.39 is 6.04 Å². The summed E-state index contributed by atoms with van der Waals surface area (Å²) < 4.78 is 6.79. The molecule has 1 N–H and O–H groups in total. The molecule has 0 spiro atoms. The molecule has 22 heavy (non-hydrogen) atoms. The predicted octanol–water partition coefficient (Wildman–Crippen LogP) is 0.604. The maximum Gasteiger partial charge on any atom is 0.259 e. The zero-order chi connectivity index (χ0) is 15.9. The van der Waals surface area contributed by atoms with Crippen LogP contribution in [0.25, 0.3) is 0 Å². The summed E-state index contributed by atoms with van der Waals surface area (Å²) >= 11 is 5.87. The summed E-state index contributed by atoms with van der Waals surface area (Å²) in [6.45, 7) is 2.29. The van der Waals surface area contributed by atoms with Crippen molar-refractivity contribution in [2.75, 3.05) is 7.05 Å². The van der Waals surface area contributed by atoms with Gasteiger partial charge in [0.25, 0.3) is 5.91 Å². The van der Waals surface area contributed by atoms with Crippen LogP contribution in [0.1, 0.15) is 22.0 Å². The van der Waals surface area contributed by atoms with Crippen molar-refractivity contribution >= 4 is 23.4 Å². The summed E-state index contributed by atoms with van der Waals surface area (Å²) in [6, 6.07) is 0.821. The highest BCUT2D eigenvalue weighted by atomic mass is 35.5. The number of nitrogens with one attached hydrogen (secondary N) is 1. The third-order valence-electron chi connectivity index (χ3n) is 3.71. The lowest BCUT2D eigenvalue weighted by molar-refractivity contribution is -0.126. The number of furan rings is 1. The standard InChI is InChI=1S/C13H14ClN5O3/c1-7-16-17-10-6-19(9(5-18(7)10)12(20)15-2)13(21)8-3-4-22-11(8)14/h3-4,9H,5-6H2,1-2H3,(H,15,20). The number of aromatic nitrogens is 3. The van der Waals surface area contributed by atoms with Crippen LogP contribution in [0, 0.1) is 6.92 Å². The lowest BCUT2D eigenvalue weighted by Crippen LogP contribution is -2.53. The first-order valence-corrected chi connectivity index (χ1v) is 7.05. The molecule has 2 aromatic heterocycles. The first-order valence-electron chi connectivity index (χ1n) is 6.67. The fourth-order valence-corrected chi connectivity index (χ4v) is 2.71. The molecule has 8 nitrogen and oxygen atoms in total. The number of halogens is 1. The molecule has 2 aromatic rings. The molecular formula is C13H14ClN5O3. The lowest BCUT2D eigenvalue weighted by atomic mass is 10.1. The summed E-state index contributed by atoms with van der Waals surface area (Å²) in [4.78, 5) is 26.3. The molecule has 1 aliphatic rings. The second-order valence-corrected chi connectivity index (χ2v) is 5.29. The van der Waals surface area contributed by atoms with Gasteiger partial charge in [-0.15, -0.1) is 10.2 Å². The summed E-state index contributed by atoms with van der Waals surface area (Å²) in [6.07, 6.45) is 1.33. The van der Waals surface area contributed by atoms with Crippen LogP contribution in [0.2, 0.25) is 5.22 Å². The molecule has 3 rings (SSSR count). The number of likely N-dealkylation sites (N-methyl/N-ethyl adjacent to an activating group) is 1. The highest BCUT2D eigenvalue weighted by Crippen LogP contribution is 2.24. The fraction of sp³-hybridized carbons (Fsp3) is 0.385. The van der Waals surface area contributed by atoms with E-state index in [0.717, 1.165) is 0 Å². The highest BCUT2D eigenvalue weighted by Gasteiger charge is 2.37. The van der Waals surface area contributed by atoms with Gasteiger partial charge < -0.3 is 19.2 Å². The van der Waals surface area contributed by atoms with Crippen molar-refractivity contribution in [1.29, 1.82) is 0 Å². The Kier molecular flexibility index (Phi) is 3.61. The number of hydrogen-bond acceptors (Lipinski definition) is 5. The minimum absolute atomic E-state index is 0.00359. The molecule has 0 radical (unpaired) electrons.